The van der Waals surface area contributed by atoms with Crippen molar-refractivity contribution in [2.75, 3.05) is 25.4 Å². The van der Waals surface area contributed by atoms with Gasteiger partial charge in [0.05, 0.1) is 12.9 Å². The maximum Gasteiger partial charge on any atom is 0.328 e. The molecule has 0 saturated heterocycles. The van der Waals surface area contributed by atoms with Gasteiger partial charge in [-0.15, -0.1) is 0 Å². The van der Waals surface area contributed by atoms with Crippen LogP contribution < -0.4 is 17.0 Å². The number of aromatic amines is 1. The second kappa shape index (κ2) is 7.06. The van der Waals surface area contributed by atoms with Crippen LogP contribution in [0.3, 0.4) is 0 Å². The van der Waals surface area contributed by atoms with E-state index >= 15 is 0 Å². The predicted octanol–water partition coefficient (Wildman–Crippen LogP) is -3.07. The number of nitrogens with one attached hydrogen (secondary N) is 1. The number of amides is 1. The van der Waals surface area contributed by atoms with Gasteiger partial charge in [0, 0.05) is 13.1 Å². The van der Waals surface area contributed by atoms with E-state index in [0.717, 1.165) is 4.90 Å². The molecule has 0 aromatic carbocycles. The molecule has 130 valence electrons. The van der Waals surface area contributed by atoms with Crippen LogP contribution in [0, 0.1) is 0 Å². The SMILES string of the molecule is NCCN(C(=O)Cn1cnc2c(=O)[nH]c(N)nc21)C(CO)C(=O)O. The molecule has 7 N–H and O–H groups in total. The number of carbonyl (C=O) groups excluding carboxylic acids is 1. The monoisotopic (exact) mass is 339 g/mol. The van der Waals surface area contributed by atoms with Gasteiger partial charge in [0.1, 0.15) is 6.54 Å². The van der Waals surface area contributed by atoms with Crippen LogP contribution in [0.1, 0.15) is 0 Å². The first-order chi connectivity index (χ1) is 11.4. The minimum absolute atomic E-state index is 0.000632. The van der Waals surface area contributed by atoms with Crippen LogP contribution >= 0.6 is 0 Å². The molecule has 0 bridgehead atoms. The Morgan fingerprint density at radius 3 is 2.75 bits per heavy atom. The van der Waals surface area contributed by atoms with Gasteiger partial charge in [-0.05, 0) is 0 Å². The molecule has 0 saturated carbocycles. The summed E-state index contributed by atoms with van der Waals surface area (Å²) in [4.78, 5) is 46.3. The standard InChI is InChI=1S/C12H17N7O5/c13-1-2-19(6(4-20)11(23)24)7(21)3-18-5-15-8-9(18)16-12(14)17-10(8)22/h5-6,20H,1-4,13H2,(H,23,24)(H3,14,16,17,22). The minimum Gasteiger partial charge on any atom is -0.480 e. The summed E-state index contributed by atoms with van der Waals surface area (Å²) in [5, 5.41) is 18.3. The van der Waals surface area contributed by atoms with E-state index in [4.69, 9.17) is 16.6 Å². The van der Waals surface area contributed by atoms with E-state index in [0.29, 0.717) is 0 Å². The number of nitrogens with zero attached hydrogens (tertiary/aromatic N) is 4. The second-order valence-electron chi connectivity index (χ2n) is 4.91. The molecule has 12 heteroatoms. The number of hydrogen-bond acceptors (Lipinski definition) is 8. The Balaban J connectivity index is 2.33. The number of H-pyrrole nitrogens is 1. The van der Waals surface area contributed by atoms with E-state index < -0.39 is 30.1 Å². The van der Waals surface area contributed by atoms with Gasteiger partial charge in [-0.25, -0.2) is 9.78 Å². The smallest absolute Gasteiger partial charge is 0.328 e. The van der Waals surface area contributed by atoms with Crippen molar-refractivity contribution in [3.8, 4) is 0 Å². The number of nitrogen functional groups attached to an aromatic ring is 1. The maximum atomic E-state index is 12.4. The average molecular weight is 339 g/mol. The number of anilines is 1. The van der Waals surface area contributed by atoms with Crippen molar-refractivity contribution >= 4 is 29.0 Å². The number of nitrogens with two attached hydrogens (primary N) is 2. The van der Waals surface area contributed by atoms with E-state index in [2.05, 4.69) is 15.0 Å². The number of imidazole rings is 1. The molecule has 0 aliphatic carbocycles. The number of carbonyl (C=O) groups is 2. The van der Waals surface area contributed by atoms with Crippen molar-refractivity contribution < 1.29 is 19.8 Å². The Hall–Kier alpha value is -2.99. The third kappa shape index (κ3) is 3.33. The largest absolute Gasteiger partial charge is 0.480 e. The van der Waals surface area contributed by atoms with E-state index in [1.165, 1.54) is 10.9 Å². The fourth-order valence-corrected chi connectivity index (χ4v) is 2.23. The number of aromatic nitrogens is 4. The summed E-state index contributed by atoms with van der Waals surface area (Å²) >= 11 is 0. The lowest BCUT2D eigenvalue weighted by Crippen LogP contribution is -2.50. The highest BCUT2D eigenvalue weighted by atomic mass is 16.4. The van der Waals surface area contributed by atoms with Gasteiger partial charge >= 0.3 is 5.97 Å². The van der Waals surface area contributed by atoms with Gasteiger partial charge in [-0.3, -0.25) is 14.6 Å². The Morgan fingerprint density at radius 2 is 2.17 bits per heavy atom. The van der Waals surface area contributed by atoms with Crippen molar-refractivity contribution in [3.63, 3.8) is 0 Å². The summed E-state index contributed by atoms with van der Waals surface area (Å²) < 4.78 is 1.27. The van der Waals surface area contributed by atoms with Crippen molar-refractivity contribution in [2.45, 2.75) is 12.6 Å². The number of carboxylic acids is 1. The molecular weight excluding hydrogens is 322 g/mol. The first-order valence-corrected chi connectivity index (χ1v) is 6.92. The van der Waals surface area contributed by atoms with Gasteiger partial charge in [-0.1, -0.05) is 0 Å². The lowest BCUT2D eigenvalue weighted by Gasteiger charge is -2.27. The quantitative estimate of drug-likeness (QED) is 0.348. The minimum atomic E-state index is -1.42. The van der Waals surface area contributed by atoms with Crippen molar-refractivity contribution in [3.05, 3.63) is 16.7 Å². The lowest BCUT2D eigenvalue weighted by molar-refractivity contribution is -0.152. The van der Waals surface area contributed by atoms with Crippen molar-refractivity contribution in [1.29, 1.82) is 0 Å². The summed E-state index contributed by atoms with van der Waals surface area (Å²) in [5.41, 5.74) is 10.4. The topological polar surface area (TPSA) is 193 Å². The highest BCUT2D eigenvalue weighted by Crippen LogP contribution is 2.08. The summed E-state index contributed by atoms with van der Waals surface area (Å²) in [6, 6.07) is -1.42. The van der Waals surface area contributed by atoms with Crippen LogP contribution in [0.2, 0.25) is 0 Å². The zero-order valence-corrected chi connectivity index (χ0v) is 12.5. The number of hydrogen-bond donors (Lipinski definition) is 5. The van der Waals surface area contributed by atoms with E-state index in [1.54, 1.807) is 0 Å². The summed E-state index contributed by atoms with van der Waals surface area (Å²) in [6.07, 6.45) is 1.22. The third-order valence-corrected chi connectivity index (χ3v) is 3.32. The fraction of sp³-hybridized carbons (Fsp3) is 0.417. The molecule has 1 unspecified atom stereocenters. The molecule has 0 radical (unpaired) electrons. The molecule has 2 rings (SSSR count). The highest BCUT2D eigenvalue weighted by Gasteiger charge is 2.29. The number of rotatable bonds is 7. The van der Waals surface area contributed by atoms with Gasteiger partial charge in [0.2, 0.25) is 11.9 Å². The molecule has 2 aromatic heterocycles. The van der Waals surface area contributed by atoms with E-state index in [1.807, 2.05) is 0 Å². The Labute approximate surface area is 134 Å². The Bertz CT molecular complexity index is 814. The lowest BCUT2D eigenvalue weighted by atomic mass is 10.2. The number of aliphatic carboxylic acids is 1. The van der Waals surface area contributed by atoms with E-state index in [9.17, 15) is 19.5 Å². The molecule has 12 nitrogen and oxygen atoms in total. The molecule has 0 fully saturated rings. The first kappa shape index (κ1) is 17.4. The summed E-state index contributed by atoms with van der Waals surface area (Å²) in [7, 11) is 0. The Morgan fingerprint density at radius 1 is 1.46 bits per heavy atom. The molecule has 2 heterocycles. The summed E-state index contributed by atoms with van der Waals surface area (Å²) in [5.74, 6) is -2.12. The maximum absolute atomic E-state index is 12.4. The highest BCUT2D eigenvalue weighted by molar-refractivity contribution is 5.84. The predicted molar refractivity (Wildman–Crippen MR) is 81.8 cm³/mol. The second-order valence-corrected chi connectivity index (χ2v) is 4.91. The normalized spacial score (nSPS) is 12.2. The molecule has 1 amide bonds. The van der Waals surface area contributed by atoms with Crippen molar-refractivity contribution in [1.82, 2.24) is 24.4 Å². The zero-order chi connectivity index (χ0) is 17.9. The number of carboxylic acid groups (broad SMARTS) is 1. The fourth-order valence-electron chi connectivity index (χ4n) is 2.23. The third-order valence-electron chi connectivity index (χ3n) is 3.32. The van der Waals surface area contributed by atoms with Gasteiger partial charge in [0.15, 0.2) is 17.2 Å². The summed E-state index contributed by atoms with van der Waals surface area (Å²) in [6.45, 7) is -1.13. The van der Waals surface area contributed by atoms with Crippen LogP contribution in [0.25, 0.3) is 11.2 Å². The molecule has 24 heavy (non-hydrogen) atoms. The van der Waals surface area contributed by atoms with Crippen LogP contribution in [0.4, 0.5) is 5.95 Å². The van der Waals surface area contributed by atoms with Gasteiger partial charge in [0.25, 0.3) is 5.56 Å². The van der Waals surface area contributed by atoms with Crippen molar-refractivity contribution in [2.24, 2.45) is 5.73 Å². The molecule has 0 spiro atoms. The molecular formula is C12H17N7O5. The van der Waals surface area contributed by atoms with Gasteiger partial charge in [-0.2, -0.15) is 4.98 Å². The number of aliphatic hydroxyl groups excluding tert-OH is 1. The zero-order valence-electron chi connectivity index (χ0n) is 12.5. The molecule has 2 aromatic rings. The Kier molecular flexibility index (Phi) is 5.11. The first-order valence-electron chi connectivity index (χ1n) is 6.92. The molecule has 1 atom stereocenters. The van der Waals surface area contributed by atoms with Crippen LogP contribution in [0.5, 0.6) is 0 Å². The molecule has 0 aliphatic rings. The number of aliphatic hydroxyl groups is 1. The number of fused-ring (bicyclic) bond motifs is 1. The molecule has 0 aliphatic heterocycles. The van der Waals surface area contributed by atoms with Crippen LogP contribution in [-0.4, -0.2) is 72.2 Å². The van der Waals surface area contributed by atoms with Gasteiger partial charge < -0.3 is 31.1 Å². The van der Waals surface area contributed by atoms with Crippen LogP contribution in [0.15, 0.2) is 11.1 Å². The average Bonchev–Trinajstić information content (AvgIpc) is 2.90. The van der Waals surface area contributed by atoms with Crippen LogP contribution in [-0.2, 0) is 16.1 Å². The van der Waals surface area contributed by atoms with E-state index in [-0.39, 0.29) is 36.7 Å².